The Morgan fingerprint density at radius 1 is 0.842 bits per heavy atom. The SMILES string of the molecule is COc1ccc(-c2oc3c(CC=C(C)C)c(O[C@@H]4O[C@H](CO)[C@@H](O)[C@H](O)[C@H]4O)cc(O)c3c(=O)c2O[C@@H]2OC[C@@H](O)[C@H](O)[C@H]2O[C@@H]2O[C@@H](C)[C@H](O)[C@@H](O)[C@H]2O)cc1. The number of aliphatic hydroxyl groups excluding tert-OH is 9. The zero-order valence-electron chi connectivity index (χ0n) is 31.3. The number of phenols is 1. The molecular weight excluding hydrogens is 760 g/mol. The molecule has 0 spiro atoms. The molecule has 6 rings (SSSR count). The highest BCUT2D eigenvalue weighted by molar-refractivity contribution is 5.91. The van der Waals surface area contributed by atoms with Gasteiger partial charge in [-0.2, -0.15) is 0 Å². The second-order valence-corrected chi connectivity index (χ2v) is 14.4. The van der Waals surface area contributed by atoms with E-state index in [1.165, 1.54) is 26.2 Å². The largest absolute Gasteiger partial charge is 0.507 e. The maximum Gasteiger partial charge on any atom is 0.239 e. The Balaban J connectivity index is 1.49. The van der Waals surface area contributed by atoms with E-state index in [2.05, 4.69) is 0 Å². The Morgan fingerprint density at radius 2 is 1.51 bits per heavy atom. The molecule has 3 fully saturated rings. The number of aromatic hydroxyl groups is 1. The Kier molecular flexibility index (Phi) is 13.1. The third-order valence-corrected chi connectivity index (χ3v) is 10.1. The van der Waals surface area contributed by atoms with Crippen molar-refractivity contribution < 1.29 is 88.6 Å². The van der Waals surface area contributed by atoms with Gasteiger partial charge in [-0.25, -0.2) is 0 Å². The zero-order chi connectivity index (χ0) is 41.5. The van der Waals surface area contributed by atoms with E-state index < -0.39 is 122 Å². The first kappa shape index (κ1) is 42.7. The molecule has 0 aliphatic carbocycles. The fourth-order valence-corrected chi connectivity index (χ4v) is 6.70. The second kappa shape index (κ2) is 17.5. The monoisotopic (exact) mass is 808 g/mol. The van der Waals surface area contributed by atoms with Crippen LogP contribution in [0.15, 0.2) is 51.2 Å². The van der Waals surface area contributed by atoms with Crippen LogP contribution < -0.4 is 19.6 Å². The number of allylic oxidation sites excluding steroid dienone is 2. The Bertz CT molecular complexity index is 1940. The van der Waals surface area contributed by atoms with Crippen molar-refractivity contribution in [1.82, 2.24) is 0 Å². The predicted octanol–water partition coefficient (Wildman–Crippen LogP) is -1.47. The van der Waals surface area contributed by atoms with E-state index in [0.29, 0.717) is 5.75 Å². The molecule has 19 nitrogen and oxygen atoms in total. The van der Waals surface area contributed by atoms with Crippen molar-refractivity contribution in [3.8, 4) is 34.3 Å². The van der Waals surface area contributed by atoms with Gasteiger partial charge in [-0.1, -0.05) is 11.6 Å². The number of phenolic OH excluding ortho intramolecular Hbond substituents is 1. The molecule has 0 radical (unpaired) electrons. The van der Waals surface area contributed by atoms with Crippen LogP contribution in [-0.2, 0) is 25.4 Å². The highest BCUT2D eigenvalue weighted by Gasteiger charge is 2.49. The molecule has 0 unspecified atom stereocenters. The molecule has 10 N–H and O–H groups in total. The van der Waals surface area contributed by atoms with E-state index in [0.717, 1.165) is 11.6 Å². The molecule has 0 saturated carbocycles. The van der Waals surface area contributed by atoms with Crippen molar-refractivity contribution in [3.63, 3.8) is 0 Å². The summed E-state index contributed by atoms with van der Waals surface area (Å²) in [5.41, 5.74) is 0.0668. The minimum absolute atomic E-state index is 0.0193. The average Bonchev–Trinajstić information content (AvgIpc) is 3.19. The van der Waals surface area contributed by atoms with Crippen LogP contribution >= 0.6 is 0 Å². The van der Waals surface area contributed by atoms with Crippen molar-refractivity contribution in [3.05, 3.63) is 57.8 Å². The summed E-state index contributed by atoms with van der Waals surface area (Å²) in [7, 11) is 1.45. The molecule has 3 aliphatic heterocycles. The minimum atomic E-state index is -1.82. The van der Waals surface area contributed by atoms with Crippen LogP contribution in [0.3, 0.4) is 0 Å². The van der Waals surface area contributed by atoms with Crippen LogP contribution in [0.1, 0.15) is 26.3 Å². The quantitative estimate of drug-likeness (QED) is 0.0990. The topological polar surface area (TPSA) is 297 Å². The first-order chi connectivity index (χ1) is 27.1. The number of ether oxygens (including phenoxy) is 7. The van der Waals surface area contributed by atoms with Crippen molar-refractivity contribution in [1.29, 1.82) is 0 Å². The van der Waals surface area contributed by atoms with Crippen LogP contribution in [0.25, 0.3) is 22.3 Å². The van der Waals surface area contributed by atoms with E-state index in [1.54, 1.807) is 32.1 Å². The summed E-state index contributed by atoms with van der Waals surface area (Å²) in [5.74, 6) is -1.21. The maximum atomic E-state index is 14.6. The minimum Gasteiger partial charge on any atom is -0.507 e. The van der Waals surface area contributed by atoms with Gasteiger partial charge in [-0.15, -0.1) is 0 Å². The number of hydrogen-bond acceptors (Lipinski definition) is 19. The van der Waals surface area contributed by atoms with Crippen molar-refractivity contribution in [2.45, 2.75) is 113 Å². The van der Waals surface area contributed by atoms with Gasteiger partial charge < -0.3 is 88.6 Å². The molecule has 1 aromatic heterocycles. The van der Waals surface area contributed by atoms with Gasteiger partial charge in [0.15, 0.2) is 18.2 Å². The van der Waals surface area contributed by atoms with Gasteiger partial charge >= 0.3 is 0 Å². The Morgan fingerprint density at radius 3 is 2.16 bits per heavy atom. The van der Waals surface area contributed by atoms with Gasteiger partial charge in [0.05, 0.1) is 26.4 Å². The van der Waals surface area contributed by atoms with Gasteiger partial charge in [-0.05, 0) is 51.5 Å². The highest BCUT2D eigenvalue weighted by Crippen LogP contribution is 2.42. The summed E-state index contributed by atoms with van der Waals surface area (Å²) in [6.07, 6.45) is -20.9. The van der Waals surface area contributed by atoms with E-state index in [1.807, 2.05) is 0 Å². The molecule has 57 heavy (non-hydrogen) atoms. The lowest BCUT2D eigenvalue weighted by molar-refractivity contribution is -0.344. The number of hydrogen-bond donors (Lipinski definition) is 10. The third kappa shape index (κ3) is 8.48. The van der Waals surface area contributed by atoms with Gasteiger partial charge in [0, 0.05) is 17.2 Å². The van der Waals surface area contributed by atoms with Crippen LogP contribution in [0.4, 0.5) is 0 Å². The van der Waals surface area contributed by atoms with Crippen LogP contribution in [-0.4, -0.2) is 157 Å². The molecule has 3 aliphatic rings. The normalized spacial score (nSPS) is 34.5. The summed E-state index contributed by atoms with van der Waals surface area (Å²) in [6, 6.07) is 7.25. The van der Waals surface area contributed by atoms with Gasteiger partial charge in [-0.3, -0.25) is 4.79 Å². The number of rotatable bonds is 11. The first-order valence-corrected chi connectivity index (χ1v) is 18.2. The molecule has 0 bridgehead atoms. The average molecular weight is 809 g/mol. The number of benzene rings is 2. The number of methoxy groups -OCH3 is 1. The van der Waals surface area contributed by atoms with Crippen molar-refractivity contribution >= 4 is 11.0 Å². The fourth-order valence-electron chi connectivity index (χ4n) is 6.70. The summed E-state index contributed by atoms with van der Waals surface area (Å²) < 4.78 is 46.4. The van der Waals surface area contributed by atoms with Crippen LogP contribution in [0.5, 0.6) is 23.0 Å². The predicted molar refractivity (Wildman–Crippen MR) is 193 cm³/mol. The molecule has 19 heteroatoms. The molecule has 3 aromatic rings. The van der Waals surface area contributed by atoms with Gasteiger partial charge in [0.25, 0.3) is 0 Å². The molecule has 314 valence electrons. The first-order valence-electron chi connectivity index (χ1n) is 18.2. The third-order valence-electron chi connectivity index (χ3n) is 10.1. The van der Waals surface area contributed by atoms with Crippen molar-refractivity contribution in [2.24, 2.45) is 0 Å². The van der Waals surface area contributed by atoms with E-state index >= 15 is 0 Å². The Labute approximate surface area is 325 Å². The summed E-state index contributed by atoms with van der Waals surface area (Å²) in [4.78, 5) is 14.6. The lowest BCUT2D eigenvalue weighted by Gasteiger charge is -2.43. The zero-order valence-corrected chi connectivity index (χ0v) is 31.3. The fraction of sp³-hybridized carbons (Fsp3) is 0.553. The lowest BCUT2D eigenvalue weighted by Crippen LogP contribution is -2.62. The standard InChI is InChI=1S/C38H48O19/c1-14(2)5-10-18-21(53-37-31(49)29(47)26(44)22(12-39)54-37)11-19(40)23-27(45)34(32(55-33(18)23)16-6-8-17(50-4)9-7-16)56-38-35(25(43)20(41)13-51-38)57-36-30(48)28(46)24(42)15(3)52-36/h5-9,11,15,20,22,24-26,28-31,35-44,46-49H,10,12-13H2,1-4H3/t15-,20+,22+,24-,25-,26+,28+,29-,30+,31+,35+,36-,37+,38-/m0/s1. The van der Waals surface area contributed by atoms with Crippen LogP contribution in [0.2, 0.25) is 0 Å². The molecular formula is C38H48O19. The highest BCUT2D eigenvalue weighted by atomic mass is 16.8. The van der Waals surface area contributed by atoms with E-state index in [9.17, 15) is 55.9 Å². The Hall–Kier alpha value is -3.93. The van der Waals surface area contributed by atoms with Crippen LogP contribution in [0, 0.1) is 0 Å². The maximum absolute atomic E-state index is 14.6. The summed E-state index contributed by atoms with van der Waals surface area (Å²) in [6.45, 7) is 3.78. The summed E-state index contributed by atoms with van der Waals surface area (Å²) in [5, 5.41) is 105. The second-order valence-electron chi connectivity index (χ2n) is 14.4. The molecule has 0 amide bonds. The molecule has 4 heterocycles. The van der Waals surface area contributed by atoms with E-state index in [4.69, 9.17) is 37.6 Å². The summed E-state index contributed by atoms with van der Waals surface area (Å²) >= 11 is 0. The molecule has 14 atom stereocenters. The van der Waals surface area contributed by atoms with Gasteiger partial charge in [0.1, 0.15) is 83.2 Å². The van der Waals surface area contributed by atoms with Gasteiger partial charge in [0.2, 0.25) is 23.8 Å². The molecule has 2 aromatic carbocycles. The van der Waals surface area contributed by atoms with E-state index in [-0.39, 0.29) is 34.6 Å². The smallest absolute Gasteiger partial charge is 0.239 e. The lowest BCUT2D eigenvalue weighted by atomic mass is 9.99. The number of fused-ring (bicyclic) bond motifs is 1. The number of aliphatic hydroxyl groups is 9. The molecule has 3 saturated heterocycles. The van der Waals surface area contributed by atoms with Crippen molar-refractivity contribution in [2.75, 3.05) is 20.3 Å².